The minimum absolute atomic E-state index is 0.0783. The highest BCUT2D eigenvalue weighted by molar-refractivity contribution is 6.09. The Labute approximate surface area is 162 Å². The van der Waals surface area contributed by atoms with Crippen molar-refractivity contribution in [3.8, 4) is 0 Å². The first-order valence-corrected chi connectivity index (χ1v) is 9.42. The number of furan rings is 1. The lowest BCUT2D eigenvalue weighted by atomic mass is 10.0. The molecule has 6 heteroatoms. The van der Waals surface area contributed by atoms with E-state index >= 15 is 0 Å². The van der Waals surface area contributed by atoms with Crippen molar-refractivity contribution >= 4 is 33.5 Å². The number of carbonyl (C=O) groups excluding carboxylic acids is 1. The number of hydrogen-bond donors (Lipinski definition) is 0. The number of anilines is 1. The number of aryl methyl sites for hydroxylation is 1. The minimum Gasteiger partial charge on any atom is -0.456 e. The average molecular weight is 375 g/mol. The quantitative estimate of drug-likeness (QED) is 0.541. The Morgan fingerprint density at radius 2 is 2.00 bits per heavy atom. The first-order valence-electron chi connectivity index (χ1n) is 9.42. The van der Waals surface area contributed by atoms with E-state index in [1.165, 1.54) is 0 Å². The SMILES string of the molecule is CN(C(=O)c1cn(C)nc1[C@H]1CCOC1)c1ccc2c(c1)oc1ccccc12. The van der Waals surface area contributed by atoms with Gasteiger partial charge in [0, 0.05) is 55.3 Å². The van der Waals surface area contributed by atoms with Gasteiger partial charge in [-0.25, -0.2) is 0 Å². The molecule has 1 saturated heterocycles. The summed E-state index contributed by atoms with van der Waals surface area (Å²) in [5.41, 5.74) is 3.86. The molecule has 1 fully saturated rings. The summed E-state index contributed by atoms with van der Waals surface area (Å²) >= 11 is 0. The second kappa shape index (κ2) is 6.49. The van der Waals surface area contributed by atoms with Crippen molar-refractivity contribution in [1.82, 2.24) is 9.78 Å². The van der Waals surface area contributed by atoms with Crippen LogP contribution >= 0.6 is 0 Å². The smallest absolute Gasteiger partial charge is 0.261 e. The lowest BCUT2D eigenvalue weighted by molar-refractivity contribution is 0.0991. The predicted octanol–water partition coefficient (Wildman–Crippen LogP) is 4.10. The first kappa shape index (κ1) is 17.0. The summed E-state index contributed by atoms with van der Waals surface area (Å²) in [6, 6.07) is 13.8. The van der Waals surface area contributed by atoms with Gasteiger partial charge in [0.25, 0.3) is 5.91 Å². The van der Waals surface area contributed by atoms with Crippen molar-refractivity contribution in [2.24, 2.45) is 7.05 Å². The van der Waals surface area contributed by atoms with E-state index in [1.807, 2.05) is 49.5 Å². The van der Waals surface area contributed by atoms with E-state index in [4.69, 9.17) is 9.15 Å². The third-order valence-corrected chi connectivity index (χ3v) is 5.46. The van der Waals surface area contributed by atoms with E-state index in [1.54, 1.807) is 22.8 Å². The van der Waals surface area contributed by atoms with Gasteiger partial charge in [0.15, 0.2) is 0 Å². The highest BCUT2D eigenvalue weighted by Gasteiger charge is 2.28. The molecule has 1 atom stereocenters. The third-order valence-electron chi connectivity index (χ3n) is 5.46. The molecule has 0 aliphatic carbocycles. The van der Waals surface area contributed by atoms with Crippen molar-refractivity contribution in [3.05, 3.63) is 59.9 Å². The lowest BCUT2D eigenvalue weighted by Crippen LogP contribution is -2.27. The molecule has 6 nitrogen and oxygen atoms in total. The van der Waals surface area contributed by atoms with Crippen LogP contribution in [0.25, 0.3) is 21.9 Å². The molecule has 0 unspecified atom stereocenters. The predicted molar refractivity (Wildman–Crippen MR) is 108 cm³/mol. The van der Waals surface area contributed by atoms with Gasteiger partial charge in [0.05, 0.1) is 17.9 Å². The topological polar surface area (TPSA) is 60.5 Å². The zero-order valence-electron chi connectivity index (χ0n) is 15.9. The third kappa shape index (κ3) is 2.68. The molecule has 1 amide bonds. The molecule has 142 valence electrons. The molecule has 0 spiro atoms. The van der Waals surface area contributed by atoms with Crippen molar-refractivity contribution in [1.29, 1.82) is 0 Å². The van der Waals surface area contributed by atoms with Gasteiger partial charge in [-0.05, 0) is 24.6 Å². The number of hydrogen-bond acceptors (Lipinski definition) is 4. The summed E-state index contributed by atoms with van der Waals surface area (Å²) in [6.07, 6.45) is 2.69. The Bertz CT molecular complexity index is 1180. The minimum atomic E-state index is -0.0783. The number of benzene rings is 2. The van der Waals surface area contributed by atoms with Gasteiger partial charge < -0.3 is 14.1 Å². The van der Waals surface area contributed by atoms with Crippen LogP contribution in [0.5, 0.6) is 0 Å². The molecule has 0 saturated carbocycles. The molecule has 3 heterocycles. The molecule has 0 N–H and O–H groups in total. The molecule has 1 aliphatic rings. The Kier molecular flexibility index (Phi) is 3.94. The van der Waals surface area contributed by atoms with Gasteiger partial charge in [-0.3, -0.25) is 9.48 Å². The maximum atomic E-state index is 13.2. The Balaban J connectivity index is 1.51. The highest BCUT2D eigenvalue weighted by atomic mass is 16.5. The Morgan fingerprint density at radius 1 is 1.18 bits per heavy atom. The number of carbonyl (C=O) groups is 1. The van der Waals surface area contributed by atoms with Crippen molar-refractivity contribution in [2.45, 2.75) is 12.3 Å². The van der Waals surface area contributed by atoms with Gasteiger partial charge in [-0.1, -0.05) is 18.2 Å². The summed E-state index contributed by atoms with van der Waals surface area (Å²) in [6.45, 7) is 1.33. The van der Waals surface area contributed by atoms with Gasteiger partial charge >= 0.3 is 0 Å². The molecule has 5 rings (SSSR count). The van der Waals surface area contributed by atoms with Crippen LogP contribution in [-0.4, -0.2) is 35.9 Å². The van der Waals surface area contributed by atoms with E-state index in [0.717, 1.165) is 39.7 Å². The van der Waals surface area contributed by atoms with E-state index in [2.05, 4.69) is 5.10 Å². The zero-order valence-corrected chi connectivity index (χ0v) is 15.9. The normalized spacial score (nSPS) is 16.9. The van der Waals surface area contributed by atoms with Crippen LogP contribution in [0.2, 0.25) is 0 Å². The van der Waals surface area contributed by atoms with E-state index in [-0.39, 0.29) is 11.8 Å². The lowest BCUT2D eigenvalue weighted by Gasteiger charge is -2.18. The van der Waals surface area contributed by atoms with Crippen LogP contribution in [0.3, 0.4) is 0 Å². The summed E-state index contributed by atoms with van der Waals surface area (Å²) < 4.78 is 13.2. The molecule has 1 aliphatic heterocycles. The molecule has 0 bridgehead atoms. The van der Waals surface area contributed by atoms with Gasteiger partial charge in [0.2, 0.25) is 0 Å². The van der Waals surface area contributed by atoms with Gasteiger partial charge in [-0.2, -0.15) is 5.10 Å². The van der Waals surface area contributed by atoms with Crippen LogP contribution in [0, 0.1) is 0 Å². The summed E-state index contributed by atoms with van der Waals surface area (Å²) in [7, 11) is 3.63. The fraction of sp³-hybridized carbons (Fsp3) is 0.273. The number of ether oxygens (including phenoxy) is 1. The number of aromatic nitrogens is 2. The second-order valence-electron chi connectivity index (χ2n) is 7.31. The molecular weight excluding hydrogens is 354 g/mol. The number of nitrogens with zero attached hydrogens (tertiary/aromatic N) is 3. The van der Waals surface area contributed by atoms with Crippen molar-refractivity contribution < 1.29 is 13.9 Å². The van der Waals surface area contributed by atoms with Crippen LogP contribution in [0.15, 0.2) is 53.1 Å². The van der Waals surface area contributed by atoms with Crippen LogP contribution < -0.4 is 4.90 Å². The summed E-state index contributed by atoms with van der Waals surface area (Å²) in [5, 5.41) is 6.66. The van der Waals surface area contributed by atoms with E-state index in [9.17, 15) is 4.79 Å². The number of rotatable bonds is 3. The van der Waals surface area contributed by atoms with Crippen LogP contribution in [-0.2, 0) is 11.8 Å². The monoisotopic (exact) mass is 375 g/mol. The highest BCUT2D eigenvalue weighted by Crippen LogP contribution is 2.32. The maximum absolute atomic E-state index is 13.2. The van der Waals surface area contributed by atoms with E-state index < -0.39 is 0 Å². The molecule has 28 heavy (non-hydrogen) atoms. The zero-order chi connectivity index (χ0) is 19.3. The Hall–Kier alpha value is -3.12. The van der Waals surface area contributed by atoms with Crippen LogP contribution in [0.4, 0.5) is 5.69 Å². The molecular formula is C22H21N3O3. The molecule has 2 aromatic carbocycles. The fourth-order valence-corrected chi connectivity index (χ4v) is 3.94. The van der Waals surface area contributed by atoms with Crippen LogP contribution in [0.1, 0.15) is 28.4 Å². The molecule has 2 aromatic heterocycles. The first-order chi connectivity index (χ1) is 13.6. The largest absolute Gasteiger partial charge is 0.456 e. The number of para-hydroxylation sites is 1. The molecule has 0 radical (unpaired) electrons. The summed E-state index contributed by atoms with van der Waals surface area (Å²) in [4.78, 5) is 14.9. The second-order valence-corrected chi connectivity index (χ2v) is 7.31. The maximum Gasteiger partial charge on any atom is 0.261 e. The van der Waals surface area contributed by atoms with Crippen molar-refractivity contribution in [2.75, 3.05) is 25.2 Å². The number of fused-ring (bicyclic) bond motifs is 3. The Morgan fingerprint density at radius 3 is 2.82 bits per heavy atom. The van der Waals surface area contributed by atoms with Gasteiger partial charge in [-0.15, -0.1) is 0 Å². The average Bonchev–Trinajstić information content (AvgIpc) is 3.44. The number of amides is 1. The van der Waals surface area contributed by atoms with Crippen molar-refractivity contribution in [3.63, 3.8) is 0 Å². The summed E-state index contributed by atoms with van der Waals surface area (Å²) in [5.74, 6) is 0.0943. The van der Waals surface area contributed by atoms with Gasteiger partial charge in [0.1, 0.15) is 11.2 Å². The standard InChI is InChI=1S/C22H21N3O3/c1-24-12-18(21(23-24)14-9-10-27-13-14)22(26)25(2)15-7-8-17-16-5-3-4-6-19(16)28-20(17)11-15/h3-8,11-12,14H,9-10,13H2,1-2H3/t14-/m0/s1. The van der Waals surface area contributed by atoms with E-state index in [0.29, 0.717) is 18.8 Å². The molecule has 4 aromatic rings. The fourth-order valence-electron chi connectivity index (χ4n) is 3.94.